The van der Waals surface area contributed by atoms with Gasteiger partial charge in [0.2, 0.25) is 0 Å². The molecule has 0 bridgehead atoms. The van der Waals surface area contributed by atoms with Gasteiger partial charge in [0.1, 0.15) is 5.76 Å². The summed E-state index contributed by atoms with van der Waals surface area (Å²) in [6.07, 6.45) is 5.39. The van der Waals surface area contributed by atoms with Crippen LogP contribution in [0.3, 0.4) is 0 Å². The van der Waals surface area contributed by atoms with Crippen LogP contribution in [-0.4, -0.2) is 13.1 Å². The molecule has 0 saturated heterocycles. The van der Waals surface area contributed by atoms with Gasteiger partial charge in [-0.15, -0.1) is 0 Å². The van der Waals surface area contributed by atoms with E-state index < -0.39 is 0 Å². The van der Waals surface area contributed by atoms with Gasteiger partial charge < -0.3 is 14.6 Å². The van der Waals surface area contributed by atoms with Crippen molar-refractivity contribution in [3.05, 3.63) is 53.5 Å². The standard InChI is InChI=1S/C18H24N2O/c1-2-10-19-13-18-16(9-12-21-18)14-20-11-5-7-15-6-3-4-8-17(15)20/h3-4,6,8-9,12,19H,2,5,7,10-11,13-14H2,1H3. The molecule has 112 valence electrons. The summed E-state index contributed by atoms with van der Waals surface area (Å²) in [5, 5.41) is 3.42. The highest BCUT2D eigenvalue weighted by Crippen LogP contribution is 2.28. The first kappa shape index (κ1) is 14.2. The van der Waals surface area contributed by atoms with Gasteiger partial charge >= 0.3 is 0 Å². The maximum atomic E-state index is 5.65. The predicted molar refractivity (Wildman–Crippen MR) is 86.5 cm³/mol. The minimum absolute atomic E-state index is 0.825. The van der Waals surface area contributed by atoms with Crippen LogP contribution in [0.4, 0.5) is 5.69 Å². The molecule has 3 rings (SSSR count). The molecule has 0 radical (unpaired) electrons. The third-order valence-electron chi connectivity index (χ3n) is 4.12. The highest BCUT2D eigenvalue weighted by molar-refractivity contribution is 5.55. The summed E-state index contributed by atoms with van der Waals surface area (Å²) in [5.41, 5.74) is 4.16. The van der Waals surface area contributed by atoms with Crippen LogP contribution >= 0.6 is 0 Å². The lowest BCUT2D eigenvalue weighted by Crippen LogP contribution is -2.29. The van der Waals surface area contributed by atoms with Gasteiger partial charge in [-0.3, -0.25) is 0 Å². The highest BCUT2D eigenvalue weighted by Gasteiger charge is 2.18. The number of rotatable bonds is 6. The van der Waals surface area contributed by atoms with E-state index in [4.69, 9.17) is 4.42 Å². The Balaban J connectivity index is 1.72. The Morgan fingerprint density at radius 3 is 3.05 bits per heavy atom. The number of benzene rings is 1. The summed E-state index contributed by atoms with van der Waals surface area (Å²) in [4.78, 5) is 2.48. The first-order chi connectivity index (χ1) is 10.4. The molecule has 1 aliphatic rings. The molecule has 0 atom stereocenters. The molecule has 0 fully saturated rings. The van der Waals surface area contributed by atoms with E-state index >= 15 is 0 Å². The minimum atomic E-state index is 0.825. The van der Waals surface area contributed by atoms with Crippen molar-refractivity contribution in [2.75, 3.05) is 18.0 Å². The van der Waals surface area contributed by atoms with Crippen molar-refractivity contribution in [3.63, 3.8) is 0 Å². The van der Waals surface area contributed by atoms with Crippen molar-refractivity contribution >= 4 is 5.69 Å². The zero-order chi connectivity index (χ0) is 14.5. The molecule has 3 nitrogen and oxygen atoms in total. The molecule has 3 heteroatoms. The van der Waals surface area contributed by atoms with Crippen LogP contribution in [0.15, 0.2) is 41.0 Å². The monoisotopic (exact) mass is 284 g/mol. The van der Waals surface area contributed by atoms with E-state index in [1.165, 1.54) is 29.7 Å². The number of nitrogens with zero attached hydrogens (tertiary/aromatic N) is 1. The second kappa shape index (κ2) is 6.81. The Bertz CT molecular complexity index is 576. The Kier molecular flexibility index (Phi) is 4.61. The lowest BCUT2D eigenvalue weighted by atomic mass is 10.0. The second-order valence-electron chi connectivity index (χ2n) is 5.70. The number of hydrogen-bond donors (Lipinski definition) is 1. The predicted octanol–water partition coefficient (Wildman–Crippen LogP) is 3.73. The first-order valence-electron chi connectivity index (χ1n) is 7.97. The van der Waals surface area contributed by atoms with Gasteiger partial charge in [-0.05, 0) is 43.5 Å². The zero-order valence-corrected chi connectivity index (χ0v) is 12.8. The summed E-state index contributed by atoms with van der Waals surface area (Å²) in [6, 6.07) is 10.9. The zero-order valence-electron chi connectivity index (χ0n) is 12.8. The molecular formula is C18H24N2O. The quantitative estimate of drug-likeness (QED) is 0.819. The van der Waals surface area contributed by atoms with Gasteiger partial charge in [-0.1, -0.05) is 25.1 Å². The van der Waals surface area contributed by atoms with E-state index in [-0.39, 0.29) is 0 Å². The summed E-state index contributed by atoms with van der Waals surface area (Å²) < 4.78 is 5.65. The van der Waals surface area contributed by atoms with Crippen LogP contribution in [0.25, 0.3) is 0 Å². The van der Waals surface area contributed by atoms with E-state index in [0.29, 0.717) is 0 Å². The van der Waals surface area contributed by atoms with Gasteiger partial charge in [0.15, 0.2) is 0 Å². The maximum Gasteiger partial charge on any atom is 0.122 e. The van der Waals surface area contributed by atoms with Crippen LogP contribution in [0.1, 0.15) is 36.7 Å². The molecule has 1 aromatic heterocycles. The fourth-order valence-corrected chi connectivity index (χ4v) is 3.02. The van der Waals surface area contributed by atoms with Crippen molar-refractivity contribution in [3.8, 4) is 0 Å². The van der Waals surface area contributed by atoms with Gasteiger partial charge in [0.05, 0.1) is 12.8 Å². The number of fused-ring (bicyclic) bond motifs is 1. The lowest BCUT2D eigenvalue weighted by molar-refractivity contribution is 0.477. The van der Waals surface area contributed by atoms with Crippen molar-refractivity contribution in [1.82, 2.24) is 5.32 Å². The SMILES string of the molecule is CCCNCc1occc1CN1CCCc2ccccc21. The molecule has 1 aromatic carbocycles. The first-order valence-corrected chi connectivity index (χ1v) is 7.97. The smallest absolute Gasteiger partial charge is 0.122 e. The fraction of sp³-hybridized carbons (Fsp3) is 0.444. The Labute approximate surface area is 127 Å². The molecule has 1 N–H and O–H groups in total. The van der Waals surface area contributed by atoms with Crippen molar-refractivity contribution in [2.45, 2.75) is 39.3 Å². The Hall–Kier alpha value is -1.74. The van der Waals surface area contributed by atoms with E-state index in [2.05, 4.69) is 47.5 Å². The van der Waals surface area contributed by atoms with Crippen LogP contribution in [0, 0.1) is 0 Å². The molecule has 0 unspecified atom stereocenters. The molecule has 21 heavy (non-hydrogen) atoms. The number of hydrogen-bond acceptors (Lipinski definition) is 3. The topological polar surface area (TPSA) is 28.4 Å². The van der Waals surface area contributed by atoms with Crippen LogP contribution in [0.5, 0.6) is 0 Å². The van der Waals surface area contributed by atoms with E-state index in [9.17, 15) is 0 Å². The van der Waals surface area contributed by atoms with E-state index in [0.717, 1.165) is 38.4 Å². The van der Waals surface area contributed by atoms with Gasteiger partial charge in [-0.2, -0.15) is 0 Å². The summed E-state index contributed by atoms with van der Waals surface area (Å²) in [6.45, 7) is 6.11. The number of aryl methyl sites for hydroxylation is 1. The lowest BCUT2D eigenvalue weighted by Gasteiger charge is -2.31. The third-order valence-corrected chi connectivity index (χ3v) is 4.12. The van der Waals surface area contributed by atoms with Crippen molar-refractivity contribution in [1.29, 1.82) is 0 Å². The molecule has 2 heterocycles. The average Bonchev–Trinajstić information content (AvgIpc) is 2.95. The largest absolute Gasteiger partial charge is 0.468 e. The molecule has 0 amide bonds. The third kappa shape index (κ3) is 3.30. The number of nitrogens with one attached hydrogen (secondary N) is 1. The normalized spacial score (nSPS) is 14.2. The summed E-state index contributed by atoms with van der Waals surface area (Å²) in [5.74, 6) is 1.08. The minimum Gasteiger partial charge on any atom is -0.468 e. The maximum absolute atomic E-state index is 5.65. The van der Waals surface area contributed by atoms with Gasteiger partial charge in [0.25, 0.3) is 0 Å². The Morgan fingerprint density at radius 1 is 1.24 bits per heavy atom. The van der Waals surface area contributed by atoms with Crippen molar-refractivity contribution < 1.29 is 4.42 Å². The Morgan fingerprint density at radius 2 is 2.14 bits per heavy atom. The molecule has 1 aliphatic heterocycles. The summed E-state index contributed by atoms with van der Waals surface area (Å²) in [7, 11) is 0. The van der Waals surface area contributed by atoms with Crippen LogP contribution in [-0.2, 0) is 19.5 Å². The van der Waals surface area contributed by atoms with Crippen molar-refractivity contribution in [2.24, 2.45) is 0 Å². The molecule has 0 saturated carbocycles. The molecular weight excluding hydrogens is 260 g/mol. The average molecular weight is 284 g/mol. The number of anilines is 1. The molecule has 0 spiro atoms. The fourth-order valence-electron chi connectivity index (χ4n) is 3.02. The summed E-state index contributed by atoms with van der Waals surface area (Å²) >= 11 is 0. The molecule has 2 aromatic rings. The van der Waals surface area contributed by atoms with E-state index in [1.54, 1.807) is 0 Å². The van der Waals surface area contributed by atoms with Crippen LogP contribution in [0.2, 0.25) is 0 Å². The number of para-hydroxylation sites is 1. The number of furan rings is 1. The van der Waals surface area contributed by atoms with Crippen LogP contribution < -0.4 is 10.2 Å². The van der Waals surface area contributed by atoms with Gasteiger partial charge in [0, 0.05) is 24.3 Å². The highest BCUT2D eigenvalue weighted by atomic mass is 16.3. The van der Waals surface area contributed by atoms with E-state index in [1.807, 2.05) is 6.26 Å². The van der Waals surface area contributed by atoms with Gasteiger partial charge in [-0.25, -0.2) is 0 Å². The second-order valence-corrected chi connectivity index (χ2v) is 5.70. The molecule has 0 aliphatic carbocycles.